The van der Waals surface area contributed by atoms with Crippen LogP contribution in [-0.4, -0.2) is 43.9 Å². The van der Waals surface area contributed by atoms with Crippen molar-refractivity contribution < 1.29 is 23.9 Å². The molecular weight excluding hydrogens is 418 g/mol. The van der Waals surface area contributed by atoms with E-state index < -0.39 is 17.8 Å². The van der Waals surface area contributed by atoms with Crippen molar-refractivity contribution in [2.75, 3.05) is 25.5 Å². The third-order valence-electron chi connectivity index (χ3n) is 5.41. The van der Waals surface area contributed by atoms with E-state index in [2.05, 4.69) is 26.8 Å². The molecule has 0 aliphatic heterocycles. The molecular formula is C22H25N3O5S. The van der Waals surface area contributed by atoms with Crippen LogP contribution in [0, 0.1) is 0 Å². The van der Waals surface area contributed by atoms with Crippen molar-refractivity contribution in [2.45, 2.75) is 31.1 Å². The third-order valence-corrected chi connectivity index (χ3v) is 6.52. The van der Waals surface area contributed by atoms with Crippen molar-refractivity contribution >= 4 is 40.7 Å². The van der Waals surface area contributed by atoms with Gasteiger partial charge in [-0.3, -0.25) is 14.4 Å². The lowest BCUT2D eigenvalue weighted by Crippen LogP contribution is -2.45. The molecule has 1 fully saturated rings. The monoisotopic (exact) mass is 443 g/mol. The zero-order chi connectivity index (χ0) is 22.3. The number of hydrogen-bond acceptors (Lipinski definition) is 6. The number of rotatable bonds is 7. The van der Waals surface area contributed by atoms with Gasteiger partial charge in [-0.05, 0) is 48.6 Å². The summed E-state index contributed by atoms with van der Waals surface area (Å²) in [5.74, 6) is -2.66. The molecule has 164 valence electrons. The van der Waals surface area contributed by atoms with Crippen molar-refractivity contribution in [2.24, 2.45) is 0 Å². The number of ether oxygens (including phenoxy) is 1. The molecule has 0 saturated heterocycles. The second kappa shape index (κ2) is 10.2. The molecule has 1 aliphatic rings. The van der Waals surface area contributed by atoms with Gasteiger partial charge in [0.05, 0.1) is 19.2 Å². The Morgan fingerprint density at radius 3 is 2.32 bits per heavy atom. The lowest BCUT2D eigenvalue weighted by molar-refractivity contribution is -0.136. The van der Waals surface area contributed by atoms with Gasteiger partial charge in [0.25, 0.3) is 0 Å². The molecule has 0 unspecified atom stereocenters. The summed E-state index contributed by atoms with van der Waals surface area (Å²) in [6.45, 7) is 0.231. The minimum Gasteiger partial charge on any atom is -0.465 e. The van der Waals surface area contributed by atoms with Crippen LogP contribution in [0.3, 0.4) is 0 Å². The van der Waals surface area contributed by atoms with E-state index in [1.807, 2.05) is 11.4 Å². The largest absolute Gasteiger partial charge is 0.465 e. The first-order valence-electron chi connectivity index (χ1n) is 10.0. The van der Waals surface area contributed by atoms with Gasteiger partial charge in [-0.25, -0.2) is 4.79 Å². The lowest BCUT2D eigenvalue weighted by atomic mass is 9.84. The summed E-state index contributed by atoms with van der Waals surface area (Å²) in [6.07, 6.45) is 4.31. The molecule has 1 saturated carbocycles. The second-order valence-electron chi connectivity index (χ2n) is 7.45. The summed E-state index contributed by atoms with van der Waals surface area (Å²) in [5.41, 5.74) is 0.627. The zero-order valence-electron chi connectivity index (χ0n) is 17.2. The van der Waals surface area contributed by atoms with Gasteiger partial charge in [0.1, 0.15) is 0 Å². The predicted octanol–water partition coefficient (Wildman–Crippen LogP) is 2.22. The van der Waals surface area contributed by atoms with Gasteiger partial charge in [-0.2, -0.15) is 0 Å². The van der Waals surface area contributed by atoms with E-state index in [9.17, 15) is 19.2 Å². The van der Waals surface area contributed by atoms with Crippen molar-refractivity contribution in [1.29, 1.82) is 0 Å². The van der Waals surface area contributed by atoms with Crippen LogP contribution in [0.25, 0.3) is 0 Å². The highest BCUT2D eigenvalue weighted by molar-refractivity contribution is 7.10. The fourth-order valence-electron chi connectivity index (χ4n) is 3.71. The number of esters is 1. The minimum absolute atomic E-state index is 0.0401. The topological polar surface area (TPSA) is 114 Å². The van der Waals surface area contributed by atoms with Crippen molar-refractivity contribution in [3.63, 3.8) is 0 Å². The van der Waals surface area contributed by atoms with Crippen LogP contribution < -0.4 is 16.0 Å². The van der Waals surface area contributed by atoms with Crippen molar-refractivity contribution in [1.82, 2.24) is 10.6 Å². The van der Waals surface area contributed by atoms with E-state index in [0.717, 1.165) is 25.7 Å². The van der Waals surface area contributed by atoms with Gasteiger partial charge in [0.2, 0.25) is 5.91 Å². The van der Waals surface area contributed by atoms with Crippen LogP contribution in [0.1, 0.15) is 40.9 Å². The van der Waals surface area contributed by atoms with Gasteiger partial charge in [-0.1, -0.05) is 18.9 Å². The standard InChI is InChI=1S/C22H25N3O5S/c1-30-21(29)15-6-8-16(9-7-15)25-20(28)19(27)23-13-18(26)24-14-22(10-2-3-11-22)17-5-4-12-31-17/h4-9,12H,2-3,10-11,13-14H2,1H3,(H,23,27)(H,24,26)(H,25,28). The molecule has 0 atom stereocenters. The molecule has 3 rings (SSSR count). The molecule has 3 amide bonds. The van der Waals surface area contributed by atoms with Crippen LogP contribution in [0.4, 0.5) is 5.69 Å². The smallest absolute Gasteiger partial charge is 0.337 e. The quantitative estimate of drug-likeness (QED) is 0.449. The highest BCUT2D eigenvalue weighted by Crippen LogP contribution is 2.42. The van der Waals surface area contributed by atoms with Crippen LogP contribution in [0.2, 0.25) is 0 Å². The van der Waals surface area contributed by atoms with E-state index in [-0.39, 0.29) is 17.9 Å². The van der Waals surface area contributed by atoms with Crippen LogP contribution in [0.5, 0.6) is 0 Å². The second-order valence-corrected chi connectivity index (χ2v) is 8.39. The van der Waals surface area contributed by atoms with E-state index >= 15 is 0 Å². The minimum atomic E-state index is -0.916. The van der Waals surface area contributed by atoms with Crippen LogP contribution >= 0.6 is 11.3 Å². The predicted molar refractivity (Wildman–Crippen MR) is 117 cm³/mol. The molecule has 31 heavy (non-hydrogen) atoms. The number of anilines is 1. The Labute approximate surface area is 184 Å². The number of carbonyl (C=O) groups excluding carboxylic acids is 4. The molecule has 0 radical (unpaired) electrons. The number of benzene rings is 1. The zero-order valence-corrected chi connectivity index (χ0v) is 18.1. The van der Waals surface area contributed by atoms with E-state index in [0.29, 0.717) is 17.8 Å². The summed E-state index contributed by atoms with van der Waals surface area (Å²) in [7, 11) is 1.27. The van der Waals surface area contributed by atoms with Gasteiger partial charge in [0.15, 0.2) is 0 Å². The molecule has 1 heterocycles. The Morgan fingerprint density at radius 1 is 1.00 bits per heavy atom. The molecule has 0 bridgehead atoms. The van der Waals surface area contributed by atoms with Crippen LogP contribution in [0.15, 0.2) is 41.8 Å². The third kappa shape index (κ3) is 5.69. The normalized spacial score (nSPS) is 14.5. The average Bonchev–Trinajstić information content (AvgIpc) is 3.49. The Morgan fingerprint density at radius 2 is 1.71 bits per heavy atom. The van der Waals surface area contributed by atoms with E-state index in [1.54, 1.807) is 11.3 Å². The number of amides is 3. The molecule has 1 aromatic heterocycles. The lowest BCUT2D eigenvalue weighted by Gasteiger charge is -2.28. The summed E-state index contributed by atoms with van der Waals surface area (Å²) < 4.78 is 4.60. The first-order valence-corrected chi connectivity index (χ1v) is 10.9. The van der Waals surface area contributed by atoms with Gasteiger partial charge in [-0.15, -0.1) is 11.3 Å². The van der Waals surface area contributed by atoms with Gasteiger partial charge in [0, 0.05) is 22.5 Å². The highest BCUT2D eigenvalue weighted by Gasteiger charge is 2.36. The van der Waals surface area contributed by atoms with Crippen molar-refractivity contribution in [3.8, 4) is 0 Å². The first kappa shape index (κ1) is 22.5. The summed E-state index contributed by atoms with van der Waals surface area (Å²) >= 11 is 1.70. The number of nitrogens with one attached hydrogen (secondary N) is 3. The van der Waals surface area contributed by atoms with Crippen molar-refractivity contribution in [3.05, 3.63) is 52.2 Å². The summed E-state index contributed by atoms with van der Waals surface area (Å²) in [4.78, 5) is 49.0. The molecule has 1 aromatic carbocycles. The SMILES string of the molecule is COC(=O)c1ccc(NC(=O)C(=O)NCC(=O)NCC2(c3cccs3)CCCC2)cc1. The Hall–Kier alpha value is -3.20. The Balaban J connectivity index is 1.45. The summed E-state index contributed by atoms with van der Waals surface area (Å²) in [6, 6.07) is 10.0. The maximum atomic E-state index is 12.2. The van der Waals surface area contributed by atoms with Gasteiger partial charge >= 0.3 is 17.8 Å². The Bertz CT molecular complexity index is 935. The molecule has 2 aromatic rings. The molecule has 3 N–H and O–H groups in total. The first-order chi connectivity index (χ1) is 14.9. The number of hydrogen-bond donors (Lipinski definition) is 3. The maximum absolute atomic E-state index is 12.2. The fourth-order valence-corrected chi connectivity index (χ4v) is 4.70. The Kier molecular flexibility index (Phi) is 7.41. The molecule has 0 spiro atoms. The molecule has 9 heteroatoms. The number of carbonyl (C=O) groups is 4. The number of thiophene rings is 1. The van der Waals surface area contributed by atoms with Gasteiger partial charge < -0.3 is 20.7 Å². The van der Waals surface area contributed by atoms with E-state index in [4.69, 9.17) is 0 Å². The fraction of sp³-hybridized carbons (Fsp3) is 0.364. The molecule has 1 aliphatic carbocycles. The van der Waals surface area contributed by atoms with Crippen LogP contribution in [-0.2, 0) is 24.5 Å². The maximum Gasteiger partial charge on any atom is 0.337 e. The highest BCUT2D eigenvalue weighted by atomic mass is 32.1. The number of methoxy groups -OCH3 is 1. The molecule has 8 nitrogen and oxygen atoms in total. The van der Waals surface area contributed by atoms with E-state index in [1.165, 1.54) is 36.3 Å². The average molecular weight is 444 g/mol. The summed E-state index contributed by atoms with van der Waals surface area (Å²) in [5, 5.41) is 9.69.